The van der Waals surface area contributed by atoms with Crippen molar-refractivity contribution < 1.29 is 23.1 Å². The molecule has 0 aromatic rings. The monoisotopic (exact) mass is 372 g/mol. The second kappa shape index (κ2) is 7.23. The van der Waals surface area contributed by atoms with E-state index in [1.807, 2.05) is 11.8 Å². The Kier molecular flexibility index (Phi) is 5.39. The van der Waals surface area contributed by atoms with Crippen molar-refractivity contribution in [3.63, 3.8) is 0 Å². The number of hydrogen-bond acceptors (Lipinski definition) is 5. The number of carboxylic acid groups (broad SMARTS) is 1. The van der Waals surface area contributed by atoms with Crippen LogP contribution in [0.5, 0.6) is 0 Å². The standard InChI is InChI=1S/C17H28N2O5S/c1-2-18(13-7-8-25(23,24)11-13)16(20)10-19-14-6-4-3-5-12(14)9-15(19)17(21)22/h12-15H,2-11H2,1H3,(H,21,22)/t12-,13+,14+,15-/m0/s1. The van der Waals surface area contributed by atoms with Crippen molar-refractivity contribution in [3.8, 4) is 0 Å². The van der Waals surface area contributed by atoms with Crippen LogP contribution in [0.25, 0.3) is 0 Å². The summed E-state index contributed by atoms with van der Waals surface area (Å²) in [7, 11) is -3.06. The van der Waals surface area contributed by atoms with Crippen molar-refractivity contribution in [1.29, 1.82) is 0 Å². The van der Waals surface area contributed by atoms with Crippen LogP contribution in [0.2, 0.25) is 0 Å². The predicted molar refractivity (Wildman–Crippen MR) is 92.9 cm³/mol. The molecule has 2 saturated heterocycles. The molecule has 0 unspecified atom stereocenters. The second-order valence-electron chi connectivity index (χ2n) is 7.61. The van der Waals surface area contributed by atoms with E-state index in [9.17, 15) is 23.1 Å². The van der Waals surface area contributed by atoms with Gasteiger partial charge in [0.05, 0.1) is 18.1 Å². The molecule has 25 heavy (non-hydrogen) atoms. The van der Waals surface area contributed by atoms with Crippen LogP contribution in [0.4, 0.5) is 0 Å². The van der Waals surface area contributed by atoms with Gasteiger partial charge in [-0.15, -0.1) is 0 Å². The highest BCUT2D eigenvalue weighted by Gasteiger charge is 2.46. The summed E-state index contributed by atoms with van der Waals surface area (Å²) >= 11 is 0. The number of rotatable bonds is 5. The molecule has 8 heteroatoms. The van der Waals surface area contributed by atoms with Gasteiger partial charge in [-0.25, -0.2) is 8.42 Å². The number of amides is 1. The van der Waals surface area contributed by atoms with Gasteiger partial charge in [0.25, 0.3) is 0 Å². The molecule has 1 N–H and O–H groups in total. The van der Waals surface area contributed by atoms with Crippen LogP contribution < -0.4 is 0 Å². The number of carboxylic acids is 1. The zero-order chi connectivity index (χ0) is 18.2. The highest BCUT2D eigenvalue weighted by Crippen LogP contribution is 2.39. The summed E-state index contributed by atoms with van der Waals surface area (Å²) in [4.78, 5) is 28.1. The number of hydrogen-bond donors (Lipinski definition) is 1. The smallest absolute Gasteiger partial charge is 0.320 e. The number of aliphatic carboxylic acids is 1. The van der Waals surface area contributed by atoms with E-state index in [4.69, 9.17) is 0 Å². The van der Waals surface area contributed by atoms with Crippen LogP contribution in [0.15, 0.2) is 0 Å². The number of likely N-dealkylation sites (tertiary alicyclic amines) is 1. The van der Waals surface area contributed by atoms with Crippen LogP contribution in [0.1, 0.15) is 45.4 Å². The number of carbonyl (C=O) groups is 2. The van der Waals surface area contributed by atoms with E-state index < -0.39 is 21.8 Å². The molecule has 1 saturated carbocycles. The highest BCUT2D eigenvalue weighted by atomic mass is 32.2. The first-order chi connectivity index (χ1) is 11.8. The van der Waals surface area contributed by atoms with Gasteiger partial charge in [-0.05, 0) is 38.5 Å². The molecule has 1 amide bonds. The molecule has 0 aromatic carbocycles. The van der Waals surface area contributed by atoms with Crippen LogP contribution in [0.3, 0.4) is 0 Å². The van der Waals surface area contributed by atoms with Crippen molar-refractivity contribution in [2.75, 3.05) is 24.6 Å². The molecule has 0 bridgehead atoms. The molecule has 0 radical (unpaired) electrons. The SMILES string of the molecule is CCN(C(=O)CN1[C@@H]2CCCC[C@H]2C[C@H]1C(=O)O)[C@@H]1CCS(=O)(=O)C1. The van der Waals surface area contributed by atoms with Crippen molar-refractivity contribution in [3.05, 3.63) is 0 Å². The van der Waals surface area contributed by atoms with E-state index in [0.29, 0.717) is 25.3 Å². The Morgan fingerprint density at radius 2 is 1.92 bits per heavy atom. The number of nitrogens with zero attached hydrogens (tertiary/aromatic N) is 2. The second-order valence-corrected chi connectivity index (χ2v) is 9.84. The Hall–Kier alpha value is -1.15. The Morgan fingerprint density at radius 3 is 2.52 bits per heavy atom. The molecule has 3 rings (SSSR count). The lowest BCUT2D eigenvalue weighted by molar-refractivity contribution is -0.144. The summed E-state index contributed by atoms with van der Waals surface area (Å²) in [6, 6.07) is -0.691. The van der Waals surface area contributed by atoms with E-state index in [1.54, 1.807) is 4.90 Å². The normalized spacial score (nSPS) is 34.6. The van der Waals surface area contributed by atoms with E-state index >= 15 is 0 Å². The maximum absolute atomic E-state index is 12.9. The lowest BCUT2D eigenvalue weighted by Crippen LogP contribution is -2.51. The quantitative estimate of drug-likeness (QED) is 0.765. The van der Waals surface area contributed by atoms with E-state index in [1.165, 1.54) is 0 Å². The molecule has 4 atom stereocenters. The molecule has 2 heterocycles. The molecule has 3 fully saturated rings. The molecule has 3 aliphatic rings. The predicted octanol–water partition coefficient (Wildman–Crippen LogP) is 0.740. The summed E-state index contributed by atoms with van der Waals surface area (Å²) in [5.74, 6) is -0.463. The van der Waals surface area contributed by atoms with Gasteiger partial charge >= 0.3 is 5.97 Å². The van der Waals surface area contributed by atoms with Gasteiger partial charge in [0.2, 0.25) is 5.91 Å². The molecular formula is C17H28N2O5S. The van der Waals surface area contributed by atoms with Gasteiger partial charge in [-0.1, -0.05) is 12.8 Å². The van der Waals surface area contributed by atoms with Gasteiger partial charge in [0.15, 0.2) is 9.84 Å². The molecule has 2 aliphatic heterocycles. The van der Waals surface area contributed by atoms with Gasteiger partial charge in [-0.3, -0.25) is 14.5 Å². The highest BCUT2D eigenvalue weighted by molar-refractivity contribution is 7.91. The third-order valence-corrected chi connectivity index (χ3v) is 7.88. The minimum Gasteiger partial charge on any atom is -0.480 e. The van der Waals surface area contributed by atoms with Crippen molar-refractivity contribution in [2.24, 2.45) is 5.92 Å². The third kappa shape index (κ3) is 3.84. The molecule has 1 aliphatic carbocycles. The third-order valence-electron chi connectivity index (χ3n) is 6.13. The maximum Gasteiger partial charge on any atom is 0.320 e. The fourth-order valence-electron chi connectivity index (χ4n) is 4.93. The van der Waals surface area contributed by atoms with Crippen molar-refractivity contribution in [1.82, 2.24) is 9.80 Å². The lowest BCUT2D eigenvalue weighted by Gasteiger charge is -2.35. The first-order valence-electron chi connectivity index (χ1n) is 9.31. The zero-order valence-corrected chi connectivity index (χ0v) is 15.6. The van der Waals surface area contributed by atoms with Gasteiger partial charge in [-0.2, -0.15) is 0 Å². The Labute approximate surface area is 149 Å². The minimum absolute atomic E-state index is 0.0288. The van der Waals surface area contributed by atoms with Crippen LogP contribution in [-0.2, 0) is 19.4 Å². The summed E-state index contributed by atoms with van der Waals surface area (Å²) in [5.41, 5.74) is 0. The fourth-order valence-corrected chi connectivity index (χ4v) is 6.66. The number of carbonyl (C=O) groups excluding carboxylic acids is 1. The van der Waals surface area contributed by atoms with Crippen molar-refractivity contribution >= 4 is 21.7 Å². The first-order valence-corrected chi connectivity index (χ1v) is 11.1. The van der Waals surface area contributed by atoms with Gasteiger partial charge in [0.1, 0.15) is 6.04 Å². The Balaban J connectivity index is 1.72. The number of sulfone groups is 1. The van der Waals surface area contributed by atoms with E-state index in [2.05, 4.69) is 0 Å². The maximum atomic E-state index is 12.9. The average molecular weight is 372 g/mol. The molecule has 0 spiro atoms. The molecular weight excluding hydrogens is 344 g/mol. The molecule has 142 valence electrons. The summed E-state index contributed by atoms with van der Waals surface area (Å²) in [6.45, 7) is 2.39. The van der Waals surface area contributed by atoms with Crippen LogP contribution >= 0.6 is 0 Å². The Morgan fingerprint density at radius 1 is 1.20 bits per heavy atom. The number of fused-ring (bicyclic) bond motifs is 1. The van der Waals surface area contributed by atoms with E-state index in [0.717, 1.165) is 25.7 Å². The van der Waals surface area contributed by atoms with Gasteiger partial charge in [0, 0.05) is 18.6 Å². The van der Waals surface area contributed by atoms with E-state index in [-0.39, 0.29) is 36.0 Å². The summed E-state index contributed by atoms with van der Waals surface area (Å²) in [6.07, 6.45) is 5.31. The topological polar surface area (TPSA) is 95.0 Å². The van der Waals surface area contributed by atoms with Crippen molar-refractivity contribution in [2.45, 2.75) is 63.6 Å². The summed E-state index contributed by atoms with van der Waals surface area (Å²) < 4.78 is 23.5. The first kappa shape index (κ1) is 18.6. The zero-order valence-electron chi connectivity index (χ0n) is 14.8. The fraction of sp³-hybridized carbons (Fsp3) is 0.882. The molecule has 7 nitrogen and oxygen atoms in total. The molecule has 0 aromatic heterocycles. The average Bonchev–Trinajstić information content (AvgIpc) is 3.09. The van der Waals surface area contributed by atoms with Gasteiger partial charge < -0.3 is 10.0 Å². The summed E-state index contributed by atoms with van der Waals surface area (Å²) in [5, 5.41) is 9.57. The number of likely N-dealkylation sites (N-methyl/N-ethyl adjacent to an activating group) is 1. The largest absolute Gasteiger partial charge is 0.480 e. The van der Waals surface area contributed by atoms with Crippen LogP contribution in [0, 0.1) is 5.92 Å². The Bertz CT molecular complexity index is 635. The minimum atomic E-state index is -3.06. The van der Waals surface area contributed by atoms with Crippen LogP contribution in [-0.4, -0.2) is 77.9 Å². The lowest BCUT2D eigenvalue weighted by atomic mass is 9.85.